The predicted molar refractivity (Wildman–Crippen MR) is 118 cm³/mol. The molecule has 1 saturated heterocycles. The van der Waals surface area contributed by atoms with Crippen molar-refractivity contribution in [3.8, 4) is 0 Å². The normalized spacial score (nSPS) is 20.4. The van der Waals surface area contributed by atoms with Gasteiger partial charge in [0.05, 0.1) is 11.4 Å². The quantitative estimate of drug-likeness (QED) is 0.720. The minimum Gasteiger partial charge on any atom is -0.369 e. The van der Waals surface area contributed by atoms with Gasteiger partial charge in [0.2, 0.25) is 0 Å². The van der Waals surface area contributed by atoms with Crippen LogP contribution in [0.25, 0.3) is 0 Å². The number of nitrogens with zero attached hydrogens (tertiary/aromatic N) is 2. The minimum atomic E-state index is -3.92. The Balaban J connectivity index is 1.95. The molecule has 1 aliphatic heterocycles. The van der Waals surface area contributed by atoms with Gasteiger partial charge in [-0.3, -0.25) is 4.72 Å². The molecule has 3 rings (SSSR count). The van der Waals surface area contributed by atoms with E-state index in [1.807, 2.05) is 19.1 Å². The molecule has 1 fully saturated rings. The molecule has 29 heavy (non-hydrogen) atoms. The molecule has 10 heteroatoms. The highest BCUT2D eigenvalue weighted by Gasteiger charge is 2.30. The summed E-state index contributed by atoms with van der Waals surface area (Å²) in [5.74, 6) is 1.05. The molecule has 2 heterocycles. The van der Waals surface area contributed by atoms with E-state index >= 15 is 0 Å². The smallest absolute Gasteiger partial charge is 0.271 e. The summed E-state index contributed by atoms with van der Waals surface area (Å²) < 4.78 is 54.2. The van der Waals surface area contributed by atoms with Crippen LogP contribution in [0.2, 0.25) is 0 Å². The number of para-hydroxylation sites is 1. The van der Waals surface area contributed by atoms with Crippen molar-refractivity contribution in [3.63, 3.8) is 0 Å². The lowest BCUT2D eigenvalue weighted by Crippen LogP contribution is -2.23. The summed E-state index contributed by atoms with van der Waals surface area (Å²) in [6.45, 7) is 8.10. The second-order valence-electron chi connectivity index (χ2n) is 7.80. The molecule has 0 bridgehead atoms. The first-order chi connectivity index (χ1) is 13.4. The highest BCUT2D eigenvalue weighted by atomic mass is 32.3. The molecule has 2 aromatic rings. The predicted octanol–water partition coefficient (Wildman–Crippen LogP) is 3.20. The summed E-state index contributed by atoms with van der Waals surface area (Å²) in [5, 5.41) is 0. The van der Waals surface area contributed by atoms with Crippen LogP contribution in [0.1, 0.15) is 19.4 Å². The molecule has 2 atom stereocenters. The molecule has 0 amide bonds. The fourth-order valence-corrected chi connectivity index (χ4v) is 7.44. The molecule has 0 aliphatic carbocycles. The summed E-state index contributed by atoms with van der Waals surface area (Å²) in [7, 11) is -4.76. The van der Waals surface area contributed by atoms with Crippen LogP contribution in [0.5, 0.6) is 0 Å². The van der Waals surface area contributed by atoms with E-state index in [9.17, 15) is 16.8 Å². The molecule has 1 N–H and O–H groups in total. The van der Waals surface area contributed by atoms with E-state index in [0.717, 1.165) is 40.0 Å². The standard InChI is InChI=1S/C19H27N3O4S3/c1-13-7-6-8-16(19(13)22-11-14(2)15(3)12-22)20-28(23,24)17-9-10-18(27-17)29(25,26)21(4)5/h6-10,14-15,20H,11-12H2,1-5H3. The van der Waals surface area contributed by atoms with E-state index in [4.69, 9.17) is 0 Å². The number of thiophene rings is 1. The fraction of sp³-hybridized carbons (Fsp3) is 0.474. The molecule has 1 aromatic heterocycles. The van der Waals surface area contributed by atoms with Crippen LogP contribution < -0.4 is 9.62 Å². The summed E-state index contributed by atoms with van der Waals surface area (Å²) >= 11 is 0.744. The Morgan fingerprint density at radius 1 is 1.00 bits per heavy atom. The highest BCUT2D eigenvalue weighted by Crippen LogP contribution is 2.37. The van der Waals surface area contributed by atoms with E-state index < -0.39 is 20.0 Å². The monoisotopic (exact) mass is 457 g/mol. The van der Waals surface area contributed by atoms with Crippen molar-refractivity contribution in [3.05, 3.63) is 35.9 Å². The zero-order valence-corrected chi connectivity index (χ0v) is 19.7. The van der Waals surface area contributed by atoms with E-state index in [0.29, 0.717) is 17.5 Å². The van der Waals surface area contributed by atoms with Crippen LogP contribution in [0, 0.1) is 18.8 Å². The minimum absolute atomic E-state index is 0.00506. The van der Waals surface area contributed by atoms with Crippen LogP contribution in [0.4, 0.5) is 11.4 Å². The lowest BCUT2D eigenvalue weighted by Gasteiger charge is -2.24. The van der Waals surface area contributed by atoms with Crippen molar-refractivity contribution in [1.82, 2.24) is 4.31 Å². The van der Waals surface area contributed by atoms with E-state index in [1.54, 1.807) is 6.07 Å². The molecule has 160 valence electrons. The van der Waals surface area contributed by atoms with Gasteiger partial charge in [0, 0.05) is 27.2 Å². The summed E-state index contributed by atoms with van der Waals surface area (Å²) in [4.78, 5) is 2.22. The Morgan fingerprint density at radius 2 is 1.59 bits per heavy atom. The average molecular weight is 458 g/mol. The van der Waals surface area contributed by atoms with Crippen LogP contribution in [-0.2, 0) is 20.0 Å². The average Bonchev–Trinajstić information content (AvgIpc) is 3.23. The first kappa shape index (κ1) is 22.1. The number of anilines is 2. The third-order valence-electron chi connectivity index (χ3n) is 5.34. The molecule has 0 spiro atoms. The molecular formula is C19H27N3O4S3. The highest BCUT2D eigenvalue weighted by molar-refractivity contribution is 7.96. The van der Waals surface area contributed by atoms with Crippen molar-refractivity contribution in [2.45, 2.75) is 29.2 Å². The van der Waals surface area contributed by atoms with Gasteiger partial charge in [0.25, 0.3) is 20.0 Å². The van der Waals surface area contributed by atoms with Gasteiger partial charge in [-0.25, -0.2) is 21.1 Å². The van der Waals surface area contributed by atoms with Gasteiger partial charge in [0.15, 0.2) is 0 Å². The second kappa shape index (κ2) is 7.90. The van der Waals surface area contributed by atoms with Gasteiger partial charge in [0.1, 0.15) is 8.42 Å². The van der Waals surface area contributed by atoms with Crippen molar-refractivity contribution >= 4 is 42.8 Å². The van der Waals surface area contributed by atoms with Crippen LogP contribution in [0.15, 0.2) is 38.8 Å². The number of rotatable bonds is 6. The summed E-state index contributed by atoms with van der Waals surface area (Å²) in [6.07, 6.45) is 0. The number of aryl methyl sites for hydroxylation is 1. The van der Waals surface area contributed by atoms with Crippen molar-refractivity contribution < 1.29 is 16.8 Å². The maximum atomic E-state index is 13.0. The molecule has 0 saturated carbocycles. The van der Waals surface area contributed by atoms with Gasteiger partial charge in [-0.2, -0.15) is 0 Å². The number of hydrogen-bond acceptors (Lipinski definition) is 6. The summed E-state index contributed by atoms with van der Waals surface area (Å²) in [6, 6.07) is 8.19. The Labute approximate surface area is 177 Å². The van der Waals surface area contributed by atoms with Crippen molar-refractivity contribution in [1.29, 1.82) is 0 Å². The number of sulfonamides is 2. The lowest BCUT2D eigenvalue weighted by atomic mass is 10.0. The Hall–Kier alpha value is -1.62. The fourth-order valence-electron chi connectivity index (χ4n) is 3.43. The third-order valence-corrected chi connectivity index (χ3v) is 10.6. The first-order valence-electron chi connectivity index (χ1n) is 9.33. The Kier molecular flexibility index (Phi) is 6.01. The maximum absolute atomic E-state index is 13.0. The van der Waals surface area contributed by atoms with E-state index in [-0.39, 0.29) is 8.42 Å². The van der Waals surface area contributed by atoms with Crippen molar-refractivity contribution in [2.24, 2.45) is 11.8 Å². The molecule has 7 nitrogen and oxygen atoms in total. The number of hydrogen-bond donors (Lipinski definition) is 1. The van der Waals surface area contributed by atoms with Gasteiger partial charge < -0.3 is 4.90 Å². The molecular weight excluding hydrogens is 430 g/mol. The SMILES string of the molecule is Cc1cccc(NS(=O)(=O)c2ccc(S(=O)(=O)N(C)C)s2)c1N1CC(C)C(C)C1. The largest absolute Gasteiger partial charge is 0.369 e. The zero-order valence-electron chi connectivity index (χ0n) is 17.2. The molecule has 0 radical (unpaired) electrons. The van der Waals surface area contributed by atoms with E-state index in [2.05, 4.69) is 23.5 Å². The Morgan fingerprint density at radius 3 is 2.17 bits per heavy atom. The first-order valence-corrected chi connectivity index (χ1v) is 13.1. The Bertz CT molecular complexity index is 1100. The van der Waals surface area contributed by atoms with Crippen LogP contribution >= 0.6 is 11.3 Å². The topological polar surface area (TPSA) is 86.8 Å². The van der Waals surface area contributed by atoms with Crippen LogP contribution in [0.3, 0.4) is 0 Å². The van der Waals surface area contributed by atoms with Gasteiger partial charge >= 0.3 is 0 Å². The molecule has 1 aromatic carbocycles. The molecule has 1 aliphatic rings. The lowest BCUT2D eigenvalue weighted by molar-refractivity contribution is 0.494. The maximum Gasteiger partial charge on any atom is 0.271 e. The molecule has 2 unspecified atom stereocenters. The third kappa shape index (κ3) is 4.30. The van der Waals surface area contributed by atoms with E-state index in [1.165, 1.54) is 26.2 Å². The van der Waals surface area contributed by atoms with Crippen molar-refractivity contribution in [2.75, 3.05) is 36.8 Å². The van der Waals surface area contributed by atoms with Crippen LogP contribution in [-0.4, -0.2) is 48.3 Å². The second-order valence-corrected chi connectivity index (χ2v) is 13.2. The van der Waals surface area contributed by atoms with Gasteiger partial charge in [-0.05, 0) is 42.5 Å². The van der Waals surface area contributed by atoms with Gasteiger partial charge in [-0.15, -0.1) is 11.3 Å². The summed E-state index contributed by atoms with van der Waals surface area (Å²) in [5.41, 5.74) is 2.38. The van der Waals surface area contributed by atoms with Gasteiger partial charge in [-0.1, -0.05) is 26.0 Å². The zero-order chi connectivity index (χ0) is 21.6. The number of benzene rings is 1. The number of nitrogens with one attached hydrogen (secondary N) is 1.